The van der Waals surface area contributed by atoms with Gasteiger partial charge in [0.25, 0.3) is 0 Å². The van der Waals surface area contributed by atoms with Gasteiger partial charge in [-0.25, -0.2) is 9.13 Å². The Kier molecular flexibility index (Phi) is 64.0. The summed E-state index contributed by atoms with van der Waals surface area (Å²) in [6.07, 6.45) is 50.1. The molecule has 0 heterocycles. The Balaban J connectivity index is 5.23. The van der Waals surface area contributed by atoms with Gasteiger partial charge in [0.1, 0.15) is 19.3 Å². The van der Waals surface area contributed by atoms with Crippen LogP contribution in [0.2, 0.25) is 0 Å². The van der Waals surface area contributed by atoms with Gasteiger partial charge in [0.05, 0.1) is 26.4 Å². The van der Waals surface area contributed by atoms with Gasteiger partial charge in [-0.1, -0.05) is 331 Å². The van der Waals surface area contributed by atoms with Crippen molar-refractivity contribution in [1.82, 2.24) is 0 Å². The molecule has 0 saturated carbocycles. The van der Waals surface area contributed by atoms with Gasteiger partial charge in [0.2, 0.25) is 0 Å². The van der Waals surface area contributed by atoms with Gasteiger partial charge in [-0.05, 0) is 49.4 Å². The van der Waals surface area contributed by atoms with Crippen LogP contribution in [0.1, 0.15) is 383 Å². The second-order valence-corrected chi connectivity index (χ2v) is 32.2. The molecule has 0 aliphatic heterocycles. The normalized spacial score (nSPS) is 14.1. The topological polar surface area (TPSA) is 237 Å². The predicted octanol–water partition coefficient (Wildman–Crippen LogP) is 22.0. The summed E-state index contributed by atoms with van der Waals surface area (Å²) in [4.78, 5) is 72.8. The molecule has 0 aliphatic rings. The fourth-order valence-electron chi connectivity index (χ4n) is 11.6. The lowest BCUT2D eigenvalue weighted by Crippen LogP contribution is -2.30. The van der Waals surface area contributed by atoms with Gasteiger partial charge in [0, 0.05) is 25.7 Å². The minimum absolute atomic E-state index is 0.103. The maximum atomic E-state index is 13.1. The Hall–Kier alpha value is -1.94. The number of unbranched alkanes of at least 4 members (excludes halogenated alkanes) is 39. The second-order valence-electron chi connectivity index (χ2n) is 29.3. The summed E-state index contributed by atoms with van der Waals surface area (Å²) in [6.45, 7) is 14.1. The van der Waals surface area contributed by atoms with Crippen molar-refractivity contribution in [2.45, 2.75) is 401 Å². The van der Waals surface area contributed by atoms with Crippen LogP contribution in [0.4, 0.5) is 0 Å². The van der Waals surface area contributed by atoms with Crippen molar-refractivity contribution in [3.63, 3.8) is 0 Å². The van der Waals surface area contributed by atoms with E-state index in [1.165, 1.54) is 180 Å². The number of phosphoric acid groups is 2. The van der Waals surface area contributed by atoms with Gasteiger partial charge in [-0.2, -0.15) is 0 Å². The van der Waals surface area contributed by atoms with Crippen molar-refractivity contribution in [2.24, 2.45) is 23.7 Å². The highest BCUT2D eigenvalue weighted by Gasteiger charge is 2.30. The highest BCUT2D eigenvalue weighted by Crippen LogP contribution is 2.45. The lowest BCUT2D eigenvalue weighted by molar-refractivity contribution is -0.161. The molecular formula is C76H148O17P2. The van der Waals surface area contributed by atoms with Gasteiger partial charge in [-0.3, -0.25) is 37.3 Å². The van der Waals surface area contributed by atoms with E-state index in [0.29, 0.717) is 31.6 Å². The average molecular weight is 1400 g/mol. The first-order chi connectivity index (χ1) is 45.6. The lowest BCUT2D eigenvalue weighted by atomic mass is 10.0. The Morgan fingerprint density at radius 2 is 0.442 bits per heavy atom. The molecule has 95 heavy (non-hydrogen) atoms. The molecule has 564 valence electrons. The molecule has 0 aromatic heterocycles. The molecule has 0 radical (unpaired) electrons. The second kappa shape index (κ2) is 65.4. The van der Waals surface area contributed by atoms with Gasteiger partial charge >= 0.3 is 39.5 Å². The number of hydrogen-bond acceptors (Lipinski definition) is 15. The zero-order valence-corrected chi connectivity index (χ0v) is 64.1. The maximum absolute atomic E-state index is 13.1. The van der Waals surface area contributed by atoms with Crippen LogP contribution in [-0.2, 0) is 65.4 Å². The summed E-state index contributed by atoms with van der Waals surface area (Å²) in [5.41, 5.74) is 0. The molecule has 0 aliphatic carbocycles. The van der Waals surface area contributed by atoms with Crippen LogP contribution in [0.25, 0.3) is 0 Å². The highest BCUT2D eigenvalue weighted by atomic mass is 31.2. The number of hydrogen-bond donors (Lipinski definition) is 3. The van der Waals surface area contributed by atoms with E-state index in [4.69, 9.17) is 37.0 Å². The number of phosphoric ester groups is 2. The minimum atomic E-state index is -4.96. The molecule has 19 heteroatoms. The number of esters is 4. The maximum Gasteiger partial charge on any atom is 0.472 e. The first kappa shape index (κ1) is 93.1. The molecule has 0 fully saturated rings. The predicted molar refractivity (Wildman–Crippen MR) is 386 cm³/mol. The van der Waals surface area contributed by atoms with Crippen LogP contribution in [0.3, 0.4) is 0 Å². The van der Waals surface area contributed by atoms with E-state index >= 15 is 0 Å². The SMILES string of the molecule is CC(C)CCCCCCCCCCCCCCCCCC(=O)OC[C@H](COP(=O)(O)OCC(O)COP(=O)(O)OC[C@@H](COC(=O)CCCCCCCCCC(C)C)OC(=O)CCCCCCCCCCC(C)C)OC(=O)CCCCCCCCCCCCCCCC(C)C. The minimum Gasteiger partial charge on any atom is -0.462 e. The van der Waals surface area contributed by atoms with E-state index in [9.17, 15) is 43.2 Å². The molecule has 3 unspecified atom stereocenters. The van der Waals surface area contributed by atoms with Crippen LogP contribution >= 0.6 is 15.6 Å². The first-order valence-corrected chi connectivity index (χ1v) is 42.2. The zero-order valence-electron chi connectivity index (χ0n) is 62.3. The van der Waals surface area contributed by atoms with Gasteiger partial charge < -0.3 is 33.8 Å². The first-order valence-electron chi connectivity index (χ1n) is 39.2. The quantitative estimate of drug-likeness (QED) is 0.0222. The molecule has 0 aromatic rings. The van der Waals surface area contributed by atoms with Gasteiger partial charge in [0.15, 0.2) is 12.2 Å². The van der Waals surface area contributed by atoms with E-state index in [0.717, 1.165) is 114 Å². The van der Waals surface area contributed by atoms with Crippen molar-refractivity contribution < 1.29 is 80.2 Å². The molecule has 0 rings (SSSR count). The molecule has 0 aromatic carbocycles. The van der Waals surface area contributed by atoms with Gasteiger partial charge in [-0.15, -0.1) is 0 Å². The van der Waals surface area contributed by atoms with Crippen molar-refractivity contribution in [1.29, 1.82) is 0 Å². The third-order valence-electron chi connectivity index (χ3n) is 17.6. The van der Waals surface area contributed by atoms with E-state index in [2.05, 4.69) is 55.4 Å². The van der Waals surface area contributed by atoms with Crippen molar-refractivity contribution in [3.8, 4) is 0 Å². The summed E-state index contributed by atoms with van der Waals surface area (Å²) in [7, 11) is -9.91. The van der Waals surface area contributed by atoms with E-state index in [1.54, 1.807) is 0 Å². The smallest absolute Gasteiger partial charge is 0.462 e. The van der Waals surface area contributed by atoms with E-state index in [-0.39, 0.29) is 25.7 Å². The molecule has 3 N–H and O–H groups in total. The summed E-state index contributed by atoms with van der Waals surface area (Å²) >= 11 is 0. The molecule has 0 saturated heterocycles. The van der Waals surface area contributed by atoms with Crippen LogP contribution in [-0.4, -0.2) is 96.7 Å². The van der Waals surface area contributed by atoms with E-state index < -0.39 is 97.5 Å². The molecular weight excluding hydrogens is 1250 g/mol. The fraction of sp³-hybridized carbons (Fsp3) is 0.947. The zero-order chi connectivity index (χ0) is 70.3. The number of rotatable bonds is 73. The monoisotopic (exact) mass is 1400 g/mol. The summed E-state index contributed by atoms with van der Waals surface area (Å²) in [6, 6.07) is 0. The van der Waals surface area contributed by atoms with Crippen LogP contribution in [0.5, 0.6) is 0 Å². The van der Waals surface area contributed by atoms with Crippen molar-refractivity contribution >= 4 is 39.5 Å². The fourth-order valence-corrected chi connectivity index (χ4v) is 13.1. The Bertz CT molecular complexity index is 1870. The molecule has 0 bridgehead atoms. The summed E-state index contributed by atoms with van der Waals surface area (Å²) < 4.78 is 68.5. The van der Waals surface area contributed by atoms with Crippen LogP contribution < -0.4 is 0 Å². The molecule has 5 atom stereocenters. The third-order valence-corrected chi connectivity index (χ3v) is 19.5. The largest absolute Gasteiger partial charge is 0.472 e. The average Bonchev–Trinajstić information content (AvgIpc) is 1.40. The van der Waals surface area contributed by atoms with Crippen LogP contribution in [0, 0.1) is 23.7 Å². The number of carbonyl (C=O) groups is 4. The van der Waals surface area contributed by atoms with Crippen molar-refractivity contribution in [2.75, 3.05) is 39.6 Å². The Morgan fingerprint density at radius 1 is 0.263 bits per heavy atom. The number of carbonyl (C=O) groups excluding carboxylic acids is 4. The summed E-state index contributed by atoms with van der Waals surface area (Å²) in [5, 5.41) is 10.6. The van der Waals surface area contributed by atoms with Crippen molar-refractivity contribution in [3.05, 3.63) is 0 Å². The van der Waals surface area contributed by atoms with E-state index in [1.807, 2.05) is 0 Å². The highest BCUT2D eigenvalue weighted by molar-refractivity contribution is 7.47. The summed E-state index contributed by atoms with van der Waals surface area (Å²) in [5.74, 6) is 0.893. The Labute approximate surface area is 581 Å². The number of ether oxygens (including phenoxy) is 4. The standard InChI is InChI=1S/C76H148O17P2/c1-66(2)52-44-36-28-21-17-13-10-9-11-15-19-23-32-40-48-56-73(78)86-62-71(92-75(80)58-50-42-33-24-20-16-12-14-18-22-29-37-45-53-67(3)4)64-90-94(82,83)88-60-70(77)61-89-95(84,85)91-65-72(63-87-74(79)57-49-41-35-27-31-39-47-55-69(7)8)93-76(81)59-51-43-34-26-25-30-38-46-54-68(5)6/h66-72,77H,9-65H2,1-8H3,(H,82,83)(H,84,85)/t70?,71-,72-/m1/s1. The third kappa shape index (κ3) is 70.3. The number of aliphatic hydroxyl groups is 1. The lowest BCUT2D eigenvalue weighted by Gasteiger charge is -2.21. The number of aliphatic hydroxyl groups excluding tert-OH is 1. The van der Waals surface area contributed by atoms with Crippen LogP contribution in [0.15, 0.2) is 0 Å². The molecule has 0 spiro atoms. The molecule has 17 nitrogen and oxygen atoms in total. The molecule has 0 amide bonds. The Morgan fingerprint density at radius 3 is 0.653 bits per heavy atom.